The number of carbonyl (C=O) groups excluding carboxylic acids is 4. The second-order valence-corrected chi connectivity index (χ2v) is 19.7. The van der Waals surface area contributed by atoms with E-state index in [2.05, 4.69) is 4.98 Å². The number of hydrogen-bond acceptors (Lipinski definition) is 11. The maximum atomic E-state index is 14.3. The molecule has 2 fully saturated rings. The molecule has 364 valence electrons. The smallest absolute Gasteiger partial charge is 0.417 e. The van der Waals surface area contributed by atoms with Crippen LogP contribution in [-0.2, 0) is 33.5 Å². The van der Waals surface area contributed by atoms with Gasteiger partial charge in [0.2, 0.25) is 5.91 Å². The highest BCUT2D eigenvalue weighted by Gasteiger charge is 2.51. The van der Waals surface area contributed by atoms with Gasteiger partial charge in [-0.25, -0.2) is 4.98 Å². The number of Topliss-reactive ketones (excluding diaryl/α,β-unsaturated/α-hetero) is 1. The van der Waals surface area contributed by atoms with Gasteiger partial charge in [-0.05, 0) is 117 Å². The lowest BCUT2D eigenvalue weighted by Crippen LogP contribution is -2.54. The van der Waals surface area contributed by atoms with E-state index < -0.39 is 46.9 Å². The molecule has 1 aromatic heterocycles. The lowest BCUT2D eigenvalue weighted by Gasteiger charge is -2.35. The first-order valence-corrected chi connectivity index (χ1v) is 24.2. The number of β-amino-alcohol motifs (C(OH)–C–C–N with tert-alkyl or cyclic N) is 1. The highest BCUT2D eigenvalue weighted by molar-refractivity contribution is 7.81. The number of thiazole rings is 1. The molecule has 4 aromatic carbocycles. The molecule has 0 unspecified atom stereocenters. The first-order valence-electron chi connectivity index (χ1n) is 22.9. The number of aliphatic hydroxyl groups is 1. The number of nitrogens with zero attached hydrogens (tertiary/aromatic N) is 6. The summed E-state index contributed by atoms with van der Waals surface area (Å²) in [6.45, 7) is 9.75. The Morgan fingerprint density at radius 1 is 1.00 bits per heavy atom. The lowest BCUT2D eigenvalue weighted by atomic mass is 9.97. The number of aryl methyl sites for hydroxylation is 2. The maximum absolute atomic E-state index is 14.3. The summed E-state index contributed by atoms with van der Waals surface area (Å²) in [5, 5.41) is 20.0. The van der Waals surface area contributed by atoms with Crippen LogP contribution >= 0.6 is 23.6 Å². The van der Waals surface area contributed by atoms with Crippen molar-refractivity contribution in [1.82, 2.24) is 14.8 Å². The Morgan fingerprint density at radius 2 is 1.71 bits per heavy atom. The molecule has 3 aliphatic heterocycles. The number of aromatic nitrogens is 1. The third-order valence-corrected chi connectivity index (χ3v) is 14.3. The Balaban J connectivity index is 0.901. The van der Waals surface area contributed by atoms with Crippen LogP contribution in [-0.4, -0.2) is 92.0 Å². The van der Waals surface area contributed by atoms with Crippen molar-refractivity contribution in [3.63, 3.8) is 0 Å². The second kappa shape index (κ2) is 20.0. The number of ether oxygens (including phenoxy) is 2. The van der Waals surface area contributed by atoms with Gasteiger partial charge < -0.3 is 29.3 Å². The molecule has 4 heterocycles. The summed E-state index contributed by atoms with van der Waals surface area (Å²) >= 11 is 7.18. The second-order valence-electron chi connectivity index (χ2n) is 18.4. The molecule has 0 spiro atoms. The first kappa shape index (κ1) is 49.7. The van der Waals surface area contributed by atoms with E-state index in [1.807, 2.05) is 51.1 Å². The molecule has 2 saturated heterocycles. The number of benzene rings is 4. The minimum absolute atomic E-state index is 0.00000246. The maximum Gasteiger partial charge on any atom is 0.417 e. The molecule has 3 atom stereocenters. The number of hydrogen-bond donors (Lipinski definition) is 1. The molecule has 0 radical (unpaired) electrons. The molecule has 3 amide bonds. The van der Waals surface area contributed by atoms with Crippen LogP contribution in [0.3, 0.4) is 0 Å². The van der Waals surface area contributed by atoms with Crippen molar-refractivity contribution in [3.05, 3.63) is 124 Å². The zero-order chi connectivity index (χ0) is 50.2. The number of aliphatic hydroxyl groups excluding tert-OH is 1. The van der Waals surface area contributed by atoms with Crippen LogP contribution in [0.4, 0.5) is 24.5 Å². The van der Waals surface area contributed by atoms with Crippen molar-refractivity contribution in [1.29, 1.82) is 5.26 Å². The van der Waals surface area contributed by atoms with E-state index in [-0.39, 0.29) is 66.9 Å². The number of likely N-dealkylation sites (tertiary alicyclic amines) is 1. The highest BCUT2D eigenvalue weighted by atomic mass is 32.1. The van der Waals surface area contributed by atoms with E-state index >= 15 is 0 Å². The number of thiocarbonyl (C=S) groups is 1. The molecule has 0 bridgehead atoms. The average molecular weight is 993 g/mol. The topological polar surface area (TPSA) is 157 Å². The van der Waals surface area contributed by atoms with Gasteiger partial charge in [0.15, 0.2) is 10.9 Å². The average Bonchev–Trinajstić information content (AvgIpc) is 4.07. The molecule has 70 heavy (non-hydrogen) atoms. The predicted octanol–water partition coefficient (Wildman–Crippen LogP) is 8.92. The summed E-state index contributed by atoms with van der Waals surface area (Å²) < 4.78 is 53.8. The van der Waals surface area contributed by atoms with E-state index in [4.69, 9.17) is 21.7 Å². The summed E-state index contributed by atoms with van der Waals surface area (Å²) in [5.41, 5.74) is 3.16. The van der Waals surface area contributed by atoms with Gasteiger partial charge in [0, 0.05) is 43.6 Å². The van der Waals surface area contributed by atoms with Gasteiger partial charge in [-0.15, -0.1) is 11.3 Å². The molecular formula is C52H51F3N6O7S2. The number of amides is 3. The van der Waals surface area contributed by atoms with Crippen molar-refractivity contribution < 1.29 is 46.9 Å². The summed E-state index contributed by atoms with van der Waals surface area (Å²) in [7, 11) is 0. The van der Waals surface area contributed by atoms with Gasteiger partial charge in [0.1, 0.15) is 23.1 Å². The highest BCUT2D eigenvalue weighted by Crippen LogP contribution is 2.41. The van der Waals surface area contributed by atoms with Gasteiger partial charge in [-0.1, -0.05) is 44.2 Å². The van der Waals surface area contributed by atoms with E-state index in [0.717, 1.165) is 44.3 Å². The number of alkyl halides is 3. The summed E-state index contributed by atoms with van der Waals surface area (Å²) in [4.78, 5) is 66.5. The fraction of sp³-hybridized carbons (Fsp3) is 0.365. The first-order chi connectivity index (χ1) is 33.3. The zero-order valence-electron chi connectivity index (χ0n) is 39.2. The SMILES string of the molecule is Cc1ncsc1-c1ccc(CCC(=O)[C@@H]2C[C@@H](O)CN2C(=O)[C@H](C(C)C)N2Cc3ccccc3C2=O)c(OCCCOc2ccc(N3C(=S)N(c4ccc(C#N)c(C(F)(F)F)c4)C(=O)C3(C)C)cc2)c1. The van der Waals surface area contributed by atoms with Crippen molar-refractivity contribution >= 4 is 63.5 Å². The van der Waals surface area contributed by atoms with Crippen molar-refractivity contribution in [2.45, 2.75) is 96.7 Å². The third kappa shape index (κ3) is 9.74. The summed E-state index contributed by atoms with van der Waals surface area (Å²) in [6.07, 6.45) is -4.73. The number of fused-ring (bicyclic) bond motifs is 1. The molecule has 13 nitrogen and oxygen atoms in total. The molecule has 0 aliphatic carbocycles. The molecule has 8 rings (SSSR count). The summed E-state index contributed by atoms with van der Waals surface area (Å²) in [5.74, 6) is -0.457. The number of carbonyl (C=O) groups is 4. The quantitative estimate of drug-likeness (QED) is 0.0744. The fourth-order valence-corrected chi connectivity index (χ4v) is 10.8. The zero-order valence-corrected chi connectivity index (χ0v) is 40.8. The van der Waals surface area contributed by atoms with E-state index in [1.54, 1.807) is 71.6 Å². The van der Waals surface area contributed by atoms with Gasteiger partial charge in [0.05, 0.1) is 64.3 Å². The standard InChI is InChI=1S/C52H51F3N6O7S2/c1-30(2)45(59-27-35-9-6-7-10-40(35)47(59)64)48(65)58-28-38(62)25-42(58)43(63)20-14-32-11-12-33(46-31(3)57-29-70-46)23-44(32)68-22-8-21-67-39-18-16-36(17-19-39)61-50(69)60(49(66)51(61,4)5)37-15-13-34(26-56)41(24-37)52(53,54)55/h6-7,9-13,15-19,23-24,29-30,38,42,45,62H,8,14,20-22,25,27-28H2,1-5H3/t38-,42+,45+/m1/s1. The van der Waals surface area contributed by atoms with Crippen molar-refractivity contribution in [2.75, 3.05) is 29.6 Å². The Bertz CT molecular complexity index is 2900. The predicted molar refractivity (Wildman–Crippen MR) is 262 cm³/mol. The van der Waals surface area contributed by atoms with E-state index in [0.29, 0.717) is 42.1 Å². The monoisotopic (exact) mass is 992 g/mol. The van der Waals surface area contributed by atoms with Crippen LogP contribution < -0.4 is 19.3 Å². The minimum Gasteiger partial charge on any atom is -0.493 e. The Kier molecular flexibility index (Phi) is 14.2. The van der Waals surface area contributed by atoms with Gasteiger partial charge in [-0.3, -0.25) is 24.1 Å². The van der Waals surface area contributed by atoms with Crippen molar-refractivity contribution in [2.24, 2.45) is 5.92 Å². The molecule has 0 saturated carbocycles. The van der Waals surface area contributed by atoms with Crippen LogP contribution in [0.15, 0.2) is 90.4 Å². The van der Waals surface area contributed by atoms with E-state index in [9.17, 15) is 42.7 Å². The Hall–Kier alpha value is -6.68. The molecule has 1 N–H and O–H groups in total. The van der Waals surface area contributed by atoms with Crippen LogP contribution in [0.2, 0.25) is 0 Å². The molecule has 18 heteroatoms. The van der Waals surface area contributed by atoms with Crippen LogP contribution in [0.5, 0.6) is 11.5 Å². The lowest BCUT2D eigenvalue weighted by molar-refractivity contribution is -0.142. The number of rotatable bonds is 16. The van der Waals surface area contributed by atoms with Gasteiger partial charge in [0.25, 0.3) is 11.8 Å². The van der Waals surface area contributed by atoms with Gasteiger partial charge in [-0.2, -0.15) is 18.4 Å². The number of halogens is 3. The van der Waals surface area contributed by atoms with Crippen LogP contribution in [0.25, 0.3) is 10.4 Å². The minimum atomic E-state index is -4.82. The number of ketones is 1. The Morgan fingerprint density at radius 3 is 2.39 bits per heavy atom. The number of nitriles is 1. The Labute approximate surface area is 413 Å². The number of anilines is 2. The molecule has 3 aliphatic rings. The third-order valence-electron chi connectivity index (χ3n) is 13.0. The largest absolute Gasteiger partial charge is 0.493 e. The van der Waals surface area contributed by atoms with E-state index in [1.165, 1.54) is 22.3 Å². The summed E-state index contributed by atoms with van der Waals surface area (Å²) in [6, 6.07) is 22.9. The normalized spacial score (nSPS) is 18.2. The van der Waals surface area contributed by atoms with Gasteiger partial charge >= 0.3 is 6.18 Å². The molecule has 5 aromatic rings. The van der Waals surface area contributed by atoms with Crippen LogP contribution in [0, 0.1) is 24.2 Å². The van der Waals surface area contributed by atoms with Crippen LogP contribution in [0.1, 0.15) is 85.3 Å². The fourth-order valence-electron chi connectivity index (χ4n) is 9.43. The molecular weight excluding hydrogens is 942 g/mol. The van der Waals surface area contributed by atoms with Crippen molar-refractivity contribution in [3.8, 4) is 28.0 Å².